The summed E-state index contributed by atoms with van der Waals surface area (Å²) in [6.45, 7) is 4.17. The predicted molar refractivity (Wildman–Crippen MR) is 79.1 cm³/mol. The number of hydrogen-bond acceptors (Lipinski definition) is 2. The van der Waals surface area contributed by atoms with Gasteiger partial charge in [-0.05, 0) is 36.6 Å². The summed E-state index contributed by atoms with van der Waals surface area (Å²) in [5, 5.41) is 3.49. The van der Waals surface area contributed by atoms with Gasteiger partial charge in [0.1, 0.15) is 5.75 Å². The van der Waals surface area contributed by atoms with Crippen molar-refractivity contribution in [1.82, 2.24) is 5.32 Å². The highest BCUT2D eigenvalue weighted by Crippen LogP contribution is 2.15. The van der Waals surface area contributed by atoms with Gasteiger partial charge in [0.15, 0.2) is 6.61 Å². The normalized spacial score (nSPS) is 12.3. The first-order chi connectivity index (χ1) is 9.01. The molecule has 0 aliphatic heterocycles. The summed E-state index contributed by atoms with van der Waals surface area (Å²) in [6.07, 6.45) is 0.857. The third kappa shape index (κ3) is 6.69. The lowest BCUT2D eigenvalue weighted by Crippen LogP contribution is -2.39. The van der Waals surface area contributed by atoms with Crippen molar-refractivity contribution in [2.75, 3.05) is 12.5 Å². The van der Waals surface area contributed by atoms with Crippen LogP contribution in [0.25, 0.3) is 0 Å². The highest BCUT2D eigenvalue weighted by Gasteiger charge is 2.13. The molecule has 0 saturated carbocycles. The second-order valence-electron chi connectivity index (χ2n) is 4.79. The molecular formula is C14H19Cl2NO2. The van der Waals surface area contributed by atoms with Crippen molar-refractivity contribution in [3.8, 4) is 5.75 Å². The zero-order valence-corrected chi connectivity index (χ0v) is 12.7. The van der Waals surface area contributed by atoms with Gasteiger partial charge in [0.25, 0.3) is 5.91 Å². The van der Waals surface area contributed by atoms with E-state index in [0.29, 0.717) is 22.6 Å². The van der Waals surface area contributed by atoms with Crippen LogP contribution < -0.4 is 10.1 Å². The SMILES string of the molecule is CC(C)CC(CCl)NC(=O)COc1ccc(Cl)cc1. The fourth-order valence-corrected chi connectivity index (χ4v) is 2.01. The van der Waals surface area contributed by atoms with Gasteiger partial charge in [-0.1, -0.05) is 25.4 Å². The fourth-order valence-electron chi connectivity index (χ4n) is 1.68. The zero-order valence-electron chi connectivity index (χ0n) is 11.2. The molecule has 0 radical (unpaired) electrons. The molecule has 0 spiro atoms. The Labute approximate surface area is 124 Å². The molecule has 1 rings (SSSR count). The standard InChI is InChI=1S/C14H19Cl2NO2/c1-10(2)7-12(8-15)17-14(18)9-19-13-5-3-11(16)4-6-13/h3-6,10,12H,7-9H2,1-2H3,(H,17,18). The first-order valence-electron chi connectivity index (χ1n) is 6.25. The van der Waals surface area contributed by atoms with Crippen LogP contribution in [-0.2, 0) is 4.79 Å². The number of benzene rings is 1. The molecule has 0 aliphatic rings. The average molecular weight is 304 g/mol. The Kier molecular flexibility index (Phi) is 7.03. The molecule has 1 atom stereocenters. The van der Waals surface area contributed by atoms with Gasteiger partial charge in [-0.3, -0.25) is 4.79 Å². The molecule has 5 heteroatoms. The van der Waals surface area contributed by atoms with Gasteiger partial charge in [0.05, 0.1) is 0 Å². The number of hydrogen-bond donors (Lipinski definition) is 1. The Morgan fingerprint density at radius 1 is 1.32 bits per heavy atom. The van der Waals surface area contributed by atoms with Gasteiger partial charge in [-0.25, -0.2) is 0 Å². The van der Waals surface area contributed by atoms with Crippen molar-refractivity contribution in [1.29, 1.82) is 0 Å². The Hall–Kier alpha value is -0.930. The van der Waals surface area contributed by atoms with E-state index in [1.807, 2.05) is 0 Å². The second kappa shape index (κ2) is 8.28. The van der Waals surface area contributed by atoms with E-state index in [9.17, 15) is 4.79 Å². The van der Waals surface area contributed by atoms with E-state index in [4.69, 9.17) is 27.9 Å². The van der Waals surface area contributed by atoms with E-state index in [0.717, 1.165) is 6.42 Å². The lowest BCUT2D eigenvalue weighted by molar-refractivity contribution is -0.123. The lowest BCUT2D eigenvalue weighted by atomic mass is 10.1. The summed E-state index contributed by atoms with van der Waals surface area (Å²) in [5.74, 6) is 1.35. The molecule has 1 N–H and O–H groups in total. The van der Waals surface area contributed by atoms with Crippen LogP contribution in [0.4, 0.5) is 0 Å². The minimum Gasteiger partial charge on any atom is -0.484 e. The van der Waals surface area contributed by atoms with Crippen LogP contribution in [0.2, 0.25) is 5.02 Å². The van der Waals surface area contributed by atoms with E-state index in [1.54, 1.807) is 24.3 Å². The minimum absolute atomic E-state index is 0.0111. The Bertz CT molecular complexity index is 393. The summed E-state index contributed by atoms with van der Waals surface area (Å²) in [5.41, 5.74) is 0. The number of alkyl halides is 1. The third-order valence-corrected chi connectivity index (χ3v) is 3.12. The molecule has 1 amide bonds. The maximum atomic E-state index is 11.7. The molecule has 0 aliphatic carbocycles. The maximum Gasteiger partial charge on any atom is 0.258 e. The van der Waals surface area contributed by atoms with Crippen LogP contribution in [0.5, 0.6) is 5.75 Å². The van der Waals surface area contributed by atoms with E-state index in [-0.39, 0.29) is 18.6 Å². The third-order valence-electron chi connectivity index (χ3n) is 2.49. The molecular weight excluding hydrogens is 285 g/mol. The second-order valence-corrected chi connectivity index (χ2v) is 5.54. The number of carbonyl (C=O) groups is 1. The molecule has 1 aromatic rings. The summed E-state index contributed by atoms with van der Waals surface area (Å²) in [6, 6.07) is 6.87. The zero-order chi connectivity index (χ0) is 14.3. The fraction of sp³-hybridized carbons (Fsp3) is 0.500. The van der Waals surface area contributed by atoms with Crippen molar-refractivity contribution in [3.05, 3.63) is 29.3 Å². The van der Waals surface area contributed by atoms with Crippen molar-refractivity contribution >= 4 is 29.1 Å². The van der Waals surface area contributed by atoms with Crippen molar-refractivity contribution in [3.63, 3.8) is 0 Å². The van der Waals surface area contributed by atoms with Crippen LogP contribution in [0.3, 0.4) is 0 Å². The molecule has 106 valence electrons. The monoisotopic (exact) mass is 303 g/mol. The Morgan fingerprint density at radius 3 is 2.47 bits per heavy atom. The average Bonchev–Trinajstić information content (AvgIpc) is 2.36. The molecule has 0 aromatic heterocycles. The molecule has 0 fully saturated rings. The van der Waals surface area contributed by atoms with Crippen LogP contribution in [-0.4, -0.2) is 24.4 Å². The molecule has 19 heavy (non-hydrogen) atoms. The quantitative estimate of drug-likeness (QED) is 0.783. The van der Waals surface area contributed by atoms with E-state index < -0.39 is 0 Å². The van der Waals surface area contributed by atoms with Crippen molar-refractivity contribution in [2.24, 2.45) is 5.92 Å². The van der Waals surface area contributed by atoms with Crippen molar-refractivity contribution in [2.45, 2.75) is 26.3 Å². The topological polar surface area (TPSA) is 38.3 Å². The number of rotatable bonds is 7. The number of nitrogens with one attached hydrogen (secondary N) is 1. The molecule has 3 nitrogen and oxygen atoms in total. The van der Waals surface area contributed by atoms with Gasteiger partial charge in [-0.2, -0.15) is 0 Å². The molecule has 1 aromatic carbocycles. The first-order valence-corrected chi connectivity index (χ1v) is 7.16. The highest BCUT2D eigenvalue weighted by atomic mass is 35.5. The molecule has 0 heterocycles. The van der Waals surface area contributed by atoms with Gasteiger partial charge >= 0.3 is 0 Å². The van der Waals surface area contributed by atoms with E-state index >= 15 is 0 Å². The van der Waals surface area contributed by atoms with Gasteiger partial charge < -0.3 is 10.1 Å². The van der Waals surface area contributed by atoms with Crippen LogP contribution in [0, 0.1) is 5.92 Å². The maximum absolute atomic E-state index is 11.7. The highest BCUT2D eigenvalue weighted by molar-refractivity contribution is 6.30. The van der Waals surface area contributed by atoms with Crippen LogP contribution in [0.1, 0.15) is 20.3 Å². The summed E-state index contributed by atoms with van der Waals surface area (Å²) < 4.78 is 5.36. The largest absolute Gasteiger partial charge is 0.484 e. The molecule has 0 saturated heterocycles. The van der Waals surface area contributed by atoms with E-state index in [1.165, 1.54) is 0 Å². The summed E-state index contributed by atoms with van der Waals surface area (Å²) in [7, 11) is 0. The molecule has 0 bridgehead atoms. The van der Waals surface area contributed by atoms with Gasteiger partial charge in [-0.15, -0.1) is 11.6 Å². The minimum atomic E-state index is -0.166. The van der Waals surface area contributed by atoms with Gasteiger partial charge in [0.2, 0.25) is 0 Å². The number of carbonyl (C=O) groups excluding carboxylic acids is 1. The van der Waals surface area contributed by atoms with Crippen LogP contribution >= 0.6 is 23.2 Å². The molecule has 1 unspecified atom stereocenters. The first kappa shape index (κ1) is 16.1. The predicted octanol–water partition coefficient (Wildman–Crippen LogP) is 3.49. The van der Waals surface area contributed by atoms with Crippen molar-refractivity contribution < 1.29 is 9.53 Å². The smallest absolute Gasteiger partial charge is 0.258 e. The van der Waals surface area contributed by atoms with Gasteiger partial charge in [0, 0.05) is 16.9 Å². The number of amides is 1. The number of ether oxygens (including phenoxy) is 1. The summed E-state index contributed by atoms with van der Waals surface area (Å²) >= 11 is 11.6. The summed E-state index contributed by atoms with van der Waals surface area (Å²) in [4.78, 5) is 11.7. The van der Waals surface area contributed by atoms with E-state index in [2.05, 4.69) is 19.2 Å². The Morgan fingerprint density at radius 2 is 1.95 bits per heavy atom. The lowest BCUT2D eigenvalue weighted by Gasteiger charge is -2.18. The Balaban J connectivity index is 2.36. The van der Waals surface area contributed by atoms with Crippen LogP contribution in [0.15, 0.2) is 24.3 Å². The number of halogens is 2.